The number of nitrogens with zero attached hydrogens (tertiary/aromatic N) is 2. The lowest BCUT2D eigenvalue weighted by atomic mass is 9.87. The number of benzene rings is 2. The highest BCUT2D eigenvalue weighted by Gasteiger charge is 2.54. The van der Waals surface area contributed by atoms with Crippen molar-refractivity contribution in [3.05, 3.63) is 63.7 Å². The van der Waals surface area contributed by atoms with Gasteiger partial charge in [0.05, 0.1) is 28.3 Å². The van der Waals surface area contributed by atoms with E-state index in [9.17, 15) is 19.5 Å². The highest BCUT2D eigenvalue weighted by atomic mass is 35.5. The van der Waals surface area contributed by atoms with E-state index in [-0.39, 0.29) is 46.5 Å². The number of anilines is 1. The Hall–Kier alpha value is -2.89. The summed E-state index contributed by atoms with van der Waals surface area (Å²) in [5.74, 6) is -3.85. The molecule has 3 fully saturated rings. The highest BCUT2D eigenvalue weighted by molar-refractivity contribution is 7.17. The molecule has 2 saturated heterocycles. The van der Waals surface area contributed by atoms with Gasteiger partial charge >= 0.3 is 5.97 Å². The zero-order chi connectivity index (χ0) is 31.7. The maximum absolute atomic E-state index is 15.7. The molecule has 1 amide bonds. The third-order valence-electron chi connectivity index (χ3n) is 9.66. The molecule has 2 atom stereocenters. The van der Waals surface area contributed by atoms with Gasteiger partial charge in [-0.25, -0.2) is 4.39 Å². The second-order valence-corrected chi connectivity index (χ2v) is 13.9. The molecule has 11 heteroatoms. The summed E-state index contributed by atoms with van der Waals surface area (Å²) in [6.07, 6.45) is 5.29. The van der Waals surface area contributed by atoms with Gasteiger partial charge in [-0.3, -0.25) is 24.2 Å². The van der Waals surface area contributed by atoms with Gasteiger partial charge in [0.1, 0.15) is 5.82 Å². The molecule has 45 heavy (non-hydrogen) atoms. The number of ether oxygens (including phenoxy) is 1. The summed E-state index contributed by atoms with van der Waals surface area (Å²) >= 11 is 8.06. The van der Waals surface area contributed by atoms with E-state index in [1.807, 2.05) is 24.3 Å². The van der Waals surface area contributed by atoms with Crippen LogP contribution >= 0.6 is 22.9 Å². The number of aliphatic carboxylic acids is 1. The number of fused-ring (bicyclic) bond motifs is 1. The average Bonchev–Trinajstić information content (AvgIpc) is 3.80. The van der Waals surface area contributed by atoms with Crippen molar-refractivity contribution in [2.24, 2.45) is 5.92 Å². The summed E-state index contributed by atoms with van der Waals surface area (Å²) < 4.78 is 23.6. The lowest BCUT2D eigenvalue weighted by Crippen LogP contribution is -2.68. The van der Waals surface area contributed by atoms with Gasteiger partial charge in [-0.2, -0.15) is 0 Å². The van der Waals surface area contributed by atoms with Crippen LogP contribution in [0.25, 0.3) is 10.1 Å². The van der Waals surface area contributed by atoms with Crippen molar-refractivity contribution < 1.29 is 28.6 Å². The smallest absolute Gasteiger partial charge is 0.306 e. The number of carbonyl (C=O) groups is 3. The van der Waals surface area contributed by atoms with Gasteiger partial charge in [-0.05, 0) is 82.1 Å². The van der Waals surface area contributed by atoms with Crippen LogP contribution in [0.1, 0.15) is 74.2 Å². The molecule has 3 heterocycles. The van der Waals surface area contributed by atoms with Crippen molar-refractivity contribution in [2.75, 3.05) is 25.0 Å². The summed E-state index contributed by atoms with van der Waals surface area (Å²) in [5, 5.41) is 15.0. The minimum atomic E-state index is -1.38. The van der Waals surface area contributed by atoms with Crippen LogP contribution in [0.4, 0.5) is 10.1 Å². The molecule has 0 radical (unpaired) electrons. The molecule has 0 spiro atoms. The molecule has 3 aliphatic rings. The van der Waals surface area contributed by atoms with Crippen molar-refractivity contribution in [3.63, 3.8) is 0 Å². The first-order valence-electron chi connectivity index (χ1n) is 15.9. The van der Waals surface area contributed by atoms with Crippen LogP contribution in [0.15, 0.2) is 41.8 Å². The predicted octanol–water partition coefficient (Wildman–Crippen LogP) is 6.95. The first-order valence-corrected chi connectivity index (χ1v) is 17.1. The molecule has 6 rings (SSSR count). The van der Waals surface area contributed by atoms with Gasteiger partial charge in [0.15, 0.2) is 5.78 Å². The number of hydrogen-bond acceptors (Lipinski definition) is 7. The number of likely N-dealkylation sites (tertiary alicyclic amines) is 2. The predicted molar refractivity (Wildman–Crippen MR) is 173 cm³/mol. The third-order valence-corrected chi connectivity index (χ3v) is 10.9. The van der Waals surface area contributed by atoms with E-state index in [0.29, 0.717) is 50.9 Å². The summed E-state index contributed by atoms with van der Waals surface area (Å²) in [4.78, 5) is 43.6. The van der Waals surface area contributed by atoms with E-state index in [4.69, 9.17) is 16.3 Å². The van der Waals surface area contributed by atoms with Gasteiger partial charge in [-0.1, -0.05) is 29.8 Å². The zero-order valence-electron chi connectivity index (χ0n) is 25.4. The number of nitrogens with one attached hydrogen (secondary N) is 1. The van der Waals surface area contributed by atoms with E-state index >= 15 is 4.39 Å². The summed E-state index contributed by atoms with van der Waals surface area (Å²) in [6.45, 7) is 4.15. The normalized spacial score (nSPS) is 24.1. The number of amides is 1. The Kier molecular flexibility index (Phi) is 9.59. The zero-order valence-corrected chi connectivity index (χ0v) is 27.0. The molecule has 3 aromatic rings. The van der Waals surface area contributed by atoms with Crippen molar-refractivity contribution in [1.29, 1.82) is 0 Å². The van der Waals surface area contributed by atoms with Gasteiger partial charge in [0.25, 0.3) is 5.91 Å². The Morgan fingerprint density at radius 3 is 2.49 bits per heavy atom. The Morgan fingerprint density at radius 2 is 1.80 bits per heavy atom. The number of hydrogen-bond donors (Lipinski definition) is 2. The van der Waals surface area contributed by atoms with Gasteiger partial charge in [0.2, 0.25) is 5.85 Å². The monoisotopic (exact) mass is 655 g/mol. The number of carbonyl (C=O) groups excluding carboxylic acids is 2. The first kappa shape index (κ1) is 32.1. The largest absolute Gasteiger partial charge is 0.481 e. The van der Waals surface area contributed by atoms with E-state index in [1.54, 1.807) is 5.38 Å². The Labute approximate surface area is 271 Å². The molecule has 2 aromatic carbocycles. The Morgan fingerprint density at radius 1 is 1.07 bits per heavy atom. The third kappa shape index (κ3) is 6.40. The molecule has 2 aliphatic heterocycles. The summed E-state index contributed by atoms with van der Waals surface area (Å²) in [7, 11) is 0. The van der Waals surface area contributed by atoms with Gasteiger partial charge in [-0.15, -0.1) is 11.3 Å². The number of Topliss-reactive ketones (excluding diaryl/α,β-unsaturated/α-hetero) is 1. The molecule has 240 valence electrons. The van der Waals surface area contributed by atoms with Crippen LogP contribution in [0.3, 0.4) is 0 Å². The molecule has 1 saturated carbocycles. The summed E-state index contributed by atoms with van der Waals surface area (Å²) in [5.41, 5.74) is 0.754. The number of carboxylic acids is 1. The SMILES string of the molecule is CC1CCCN1C(OC1CCC(C(=O)O)CC1)(C(=O)Cc1cc(Cl)c(NC(=O)c2csc3ccccc23)cc1F)N1CCCC1. The number of rotatable bonds is 10. The molecule has 1 aromatic heterocycles. The number of ketones is 1. The minimum absolute atomic E-state index is 0.0871. The van der Waals surface area contributed by atoms with Crippen LogP contribution in [0.2, 0.25) is 5.02 Å². The molecule has 2 unspecified atom stereocenters. The average molecular weight is 656 g/mol. The van der Waals surface area contributed by atoms with Crippen molar-refractivity contribution in [1.82, 2.24) is 9.80 Å². The van der Waals surface area contributed by atoms with E-state index in [1.165, 1.54) is 23.5 Å². The fraction of sp³-hybridized carbons (Fsp3) is 0.500. The summed E-state index contributed by atoms with van der Waals surface area (Å²) in [6, 6.07) is 10.3. The highest BCUT2D eigenvalue weighted by Crippen LogP contribution is 2.40. The fourth-order valence-electron chi connectivity index (χ4n) is 7.24. The van der Waals surface area contributed by atoms with E-state index in [0.717, 1.165) is 35.8 Å². The van der Waals surface area contributed by atoms with Gasteiger partial charge < -0.3 is 15.2 Å². The standard InChI is InChI=1S/C34H39ClFN3O5S/c1-21-7-6-16-39(21)34(38-14-4-5-15-38,44-24-12-10-22(11-13-24)33(42)43)31(40)18-23-17-27(35)29(19-28(23)36)37-32(41)26-20-45-30-9-3-2-8-25(26)30/h2-3,8-9,17,19-22,24H,4-7,10-16,18H2,1H3,(H,37,41)(H,42,43). The van der Waals surface area contributed by atoms with Crippen molar-refractivity contribution in [2.45, 2.75) is 82.7 Å². The molecule has 8 nitrogen and oxygen atoms in total. The van der Waals surface area contributed by atoms with E-state index in [2.05, 4.69) is 22.0 Å². The maximum atomic E-state index is 15.7. The van der Waals surface area contributed by atoms with Crippen LogP contribution < -0.4 is 5.32 Å². The molecule has 1 aliphatic carbocycles. The van der Waals surface area contributed by atoms with Crippen LogP contribution in [0.5, 0.6) is 0 Å². The lowest BCUT2D eigenvalue weighted by Gasteiger charge is -2.50. The first-order chi connectivity index (χ1) is 21.7. The minimum Gasteiger partial charge on any atom is -0.481 e. The van der Waals surface area contributed by atoms with Gasteiger partial charge in [0, 0.05) is 47.6 Å². The molecule has 0 bridgehead atoms. The van der Waals surface area contributed by atoms with Crippen molar-refractivity contribution in [3.8, 4) is 0 Å². The second-order valence-electron chi connectivity index (χ2n) is 12.5. The Balaban J connectivity index is 1.27. The number of halogens is 2. The second kappa shape index (κ2) is 13.5. The van der Waals surface area contributed by atoms with Crippen LogP contribution in [-0.2, 0) is 20.7 Å². The fourth-order valence-corrected chi connectivity index (χ4v) is 8.42. The molecular weight excluding hydrogens is 617 g/mol. The van der Waals surface area contributed by atoms with Crippen LogP contribution in [0, 0.1) is 11.7 Å². The number of carboxylic acid groups (broad SMARTS) is 1. The van der Waals surface area contributed by atoms with Crippen LogP contribution in [-0.4, -0.2) is 70.2 Å². The molecule has 2 N–H and O–H groups in total. The number of thiophene rings is 1. The Bertz CT molecular complexity index is 1590. The maximum Gasteiger partial charge on any atom is 0.306 e. The van der Waals surface area contributed by atoms with Crippen molar-refractivity contribution >= 4 is 56.4 Å². The topological polar surface area (TPSA) is 99.2 Å². The molecular formula is C34H39ClFN3O5S. The quantitative estimate of drug-likeness (QED) is 0.244. The van der Waals surface area contributed by atoms with E-state index < -0.39 is 23.6 Å². The lowest BCUT2D eigenvalue weighted by molar-refractivity contribution is -0.258.